The molecule has 104 valence electrons. The smallest absolute Gasteiger partial charge is 0.303 e. The minimum absolute atomic E-state index is 0.0598. The highest BCUT2D eigenvalue weighted by Crippen LogP contribution is 2.51. The third-order valence-electron chi connectivity index (χ3n) is 3.35. The van der Waals surface area contributed by atoms with Gasteiger partial charge in [0.25, 0.3) is 0 Å². The summed E-state index contributed by atoms with van der Waals surface area (Å²) >= 11 is 5.94. The van der Waals surface area contributed by atoms with Crippen molar-refractivity contribution in [3.8, 4) is 11.5 Å². The zero-order valence-corrected chi connectivity index (χ0v) is 11.1. The van der Waals surface area contributed by atoms with E-state index >= 15 is 0 Å². The van der Waals surface area contributed by atoms with E-state index in [1.807, 2.05) is 0 Å². The quantitative estimate of drug-likeness (QED) is 0.873. The second kappa shape index (κ2) is 5.25. The Balaban J connectivity index is 2.53. The van der Waals surface area contributed by atoms with Crippen molar-refractivity contribution in [2.24, 2.45) is 5.92 Å². The van der Waals surface area contributed by atoms with E-state index in [0.717, 1.165) is 18.9 Å². The largest absolute Gasteiger partial charge is 0.504 e. The zero-order chi connectivity index (χ0) is 14.2. The van der Waals surface area contributed by atoms with Gasteiger partial charge in [0, 0.05) is 17.5 Å². The fourth-order valence-electron chi connectivity index (χ4n) is 2.35. The first kappa shape index (κ1) is 13.9. The maximum Gasteiger partial charge on any atom is 0.303 e. The molecule has 4 nitrogen and oxygen atoms in total. The average Bonchev–Trinajstić information content (AvgIpc) is 3.14. The molecule has 1 aliphatic carbocycles. The average molecular weight is 289 g/mol. The van der Waals surface area contributed by atoms with E-state index in [9.17, 15) is 14.3 Å². The van der Waals surface area contributed by atoms with Gasteiger partial charge in [0.15, 0.2) is 11.5 Å². The second-order valence-electron chi connectivity index (χ2n) is 4.68. The second-order valence-corrected chi connectivity index (χ2v) is 5.06. The summed E-state index contributed by atoms with van der Waals surface area (Å²) in [6, 6.07) is 0.870. The Morgan fingerprint density at radius 2 is 2.26 bits per heavy atom. The lowest BCUT2D eigenvalue weighted by molar-refractivity contribution is -0.137. The van der Waals surface area contributed by atoms with Gasteiger partial charge in [-0.15, -0.1) is 0 Å². The van der Waals surface area contributed by atoms with Gasteiger partial charge in [-0.1, -0.05) is 11.6 Å². The topological polar surface area (TPSA) is 66.8 Å². The van der Waals surface area contributed by atoms with Crippen molar-refractivity contribution in [3.63, 3.8) is 0 Å². The van der Waals surface area contributed by atoms with Gasteiger partial charge in [-0.05, 0) is 18.8 Å². The number of carbonyl (C=O) groups is 1. The van der Waals surface area contributed by atoms with Crippen LogP contribution in [0.15, 0.2) is 6.07 Å². The van der Waals surface area contributed by atoms with Crippen LogP contribution in [-0.2, 0) is 4.79 Å². The van der Waals surface area contributed by atoms with Crippen molar-refractivity contribution in [1.29, 1.82) is 0 Å². The highest BCUT2D eigenvalue weighted by Gasteiger charge is 2.38. The molecule has 2 rings (SSSR count). The number of methoxy groups -OCH3 is 1. The summed E-state index contributed by atoms with van der Waals surface area (Å²) in [5, 5.41) is 18.5. The van der Waals surface area contributed by atoms with E-state index < -0.39 is 17.7 Å². The van der Waals surface area contributed by atoms with Gasteiger partial charge in [-0.2, -0.15) is 0 Å². The number of benzene rings is 1. The summed E-state index contributed by atoms with van der Waals surface area (Å²) < 4.78 is 18.7. The first-order valence-corrected chi connectivity index (χ1v) is 6.30. The molecule has 1 aromatic rings. The SMILES string of the molecule is COc1c(O)cc(F)c(Cl)c1C(CC(=O)O)C1CC1. The van der Waals surface area contributed by atoms with Gasteiger partial charge < -0.3 is 14.9 Å². The molecular formula is C13H14ClFO4. The number of aliphatic carboxylic acids is 1. The number of carboxylic acid groups (broad SMARTS) is 1. The van der Waals surface area contributed by atoms with E-state index in [1.54, 1.807) is 0 Å². The van der Waals surface area contributed by atoms with Crippen LogP contribution >= 0.6 is 11.6 Å². The third-order valence-corrected chi connectivity index (χ3v) is 3.73. The maximum atomic E-state index is 13.6. The molecule has 2 N–H and O–H groups in total. The standard InChI is InChI=1S/C13H14ClFO4/c1-19-13-9(16)5-8(15)12(14)11(13)7(4-10(17)18)6-2-3-6/h5-7,16H,2-4H2,1H3,(H,17,18). The lowest BCUT2D eigenvalue weighted by atomic mass is 9.89. The molecular weight excluding hydrogens is 275 g/mol. The van der Waals surface area contributed by atoms with Crippen LogP contribution < -0.4 is 4.74 Å². The molecule has 6 heteroatoms. The Kier molecular flexibility index (Phi) is 3.85. The van der Waals surface area contributed by atoms with Crippen LogP contribution in [0.4, 0.5) is 4.39 Å². The van der Waals surface area contributed by atoms with E-state index in [4.69, 9.17) is 21.4 Å². The van der Waals surface area contributed by atoms with Gasteiger partial charge in [-0.3, -0.25) is 4.79 Å². The molecule has 0 amide bonds. The molecule has 0 saturated heterocycles. The third kappa shape index (κ3) is 2.76. The number of halogens is 2. The zero-order valence-electron chi connectivity index (χ0n) is 10.3. The van der Waals surface area contributed by atoms with Gasteiger partial charge >= 0.3 is 5.97 Å². The Hall–Kier alpha value is -1.49. The highest BCUT2D eigenvalue weighted by molar-refractivity contribution is 6.32. The Morgan fingerprint density at radius 1 is 1.63 bits per heavy atom. The van der Waals surface area contributed by atoms with Crippen molar-refractivity contribution in [2.45, 2.75) is 25.2 Å². The Bertz CT molecular complexity index is 514. The molecule has 0 radical (unpaired) electrons. The summed E-state index contributed by atoms with van der Waals surface area (Å²) in [7, 11) is 1.33. The van der Waals surface area contributed by atoms with Crippen LogP contribution in [-0.4, -0.2) is 23.3 Å². The first-order chi connectivity index (χ1) is 8.95. The summed E-state index contributed by atoms with van der Waals surface area (Å²) in [6.07, 6.45) is 1.58. The molecule has 0 aromatic heterocycles. The van der Waals surface area contributed by atoms with E-state index in [1.165, 1.54) is 7.11 Å². The number of aromatic hydroxyl groups is 1. The van der Waals surface area contributed by atoms with E-state index in [-0.39, 0.29) is 34.4 Å². The predicted molar refractivity (Wildman–Crippen MR) is 67.3 cm³/mol. The minimum Gasteiger partial charge on any atom is -0.504 e. The number of phenolic OH excluding ortho intramolecular Hbond substituents is 1. The fourth-order valence-corrected chi connectivity index (χ4v) is 2.63. The summed E-state index contributed by atoms with van der Waals surface area (Å²) in [4.78, 5) is 11.0. The Morgan fingerprint density at radius 3 is 2.74 bits per heavy atom. The molecule has 1 saturated carbocycles. The van der Waals surface area contributed by atoms with Crippen molar-refractivity contribution in [1.82, 2.24) is 0 Å². The normalized spacial score (nSPS) is 16.2. The van der Waals surface area contributed by atoms with Crippen LogP contribution in [0.25, 0.3) is 0 Å². The van der Waals surface area contributed by atoms with Crippen LogP contribution in [0.1, 0.15) is 30.7 Å². The monoisotopic (exact) mass is 288 g/mol. The van der Waals surface area contributed by atoms with Crippen LogP contribution in [0.5, 0.6) is 11.5 Å². The van der Waals surface area contributed by atoms with E-state index in [2.05, 4.69) is 0 Å². The lowest BCUT2D eigenvalue weighted by Gasteiger charge is -2.20. The van der Waals surface area contributed by atoms with Crippen LogP contribution in [0.3, 0.4) is 0 Å². The highest BCUT2D eigenvalue weighted by atomic mass is 35.5. The van der Waals surface area contributed by atoms with Gasteiger partial charge in [0.1, 0.15) is 5.82 Å². The molecule has 0 bridgehead atoms. The van der Waals surface area contributed by atoms with Crippen LogP contribution in [0.2, 0.25) is 5.02 Å². The summed E-state index contributed by atoms with van der Waals surface area (Å²) in [5.74, 6) is -2.37. The van der Waals surface area contributed by atoms with Crippen molar-refractivity contribution < 1.29 is 24.1 Å². The lowest BCUT2D eigenvalue weighted by Crippen LogP contribution is -2.11. The summed E-state index contributed by atoms with van der Waals surface area (Å²) in [6.45, 7) is 0. The predicted octanol–water partition coefficient (Wildman–Crippen LogP) is 3.16. The van der Waals surface area contributed by atoms with Crippen molar-refractivity contribution in [2.75, 3.05) is 7.11 Å². The molecule has 0 heterocycles. The number of carboxylic acids is 1. The molecule has 1 unspecified atom stereocenters. The maximum absolute atomic E-state index is 13.6. The first-order valence-electron chi connectivity index (χ1n) is 5.92. The molecule has 0 aliphatic heterocycles. The number of rotatable bonds is 5. The fraction of sp³-hybridized carbons (Fsp3) is 0.462. The Labute approximate surface area is 114 Å². The molecule has 1 aliphatic rings. The molecule has 1 fully saturated rings. The minimum atomic E-state index is -0.987. The van der Waals surface area contributed by atoms with Gasteiger partial charge in [-0.25, -0.2) is 4.39 Å². The number of hydrogen-bond acceptors (Lipinski definition) is 3. The van der Waals surface area contributed by atoms with Gasteiger partial charge in [0.2, 0.25) is 0 Å². The number of phenols is 1. The van der Waals surface area contributed by atoms with Crippen molar-refractivity contribution in [3.05, 3.63) is 22.5 Å². The molecule has 19 heavy (non-hydrogen) atoms. The molecule has 1 aromatic carbocycles. The molecule has 1 atom stereocenters. The number of ether oxygens (including phenoxy) is 1. The summed E-state index contributed by atoms with van der Waals surface area (Å²) in [5.41, 5.74) is 0.256. The van der Waals surface area contributed by atoms with Crippen LogP contribution in [0, 0.1) is 11.7 Å². The van der Waals surface area contributed by atoms with Crippen molar-refractivity contribution >= 4 is 17.6 Å². The van der Waals surface area contributed by atoms with E-state index in [0.29, 0.717) is 0 Å². The van der Waals surface area contributed by atoms with Gasteiger partial charge in [0.05, 0.1) is 18.6 Å². The number of hydrogen-bond donors (Lipinski definition) is 2. The molecule has 0 spiro atoms.